The molecule has 0 radical (unpaired) electrons. The molecule has 6 rings (SSSR count). The largest absolute Gasteiger partial charge is 0.496 e. The highest BCUT2D eigenvalue weighted by atomic mass is 32.2. The molecule has 1 atom stereocenters. The third-order valence-corrected chi connectivity index (χ3v) is 7.36. The highest BCUT2D eigenvalue weighted by molar-refractivity contribution is 8.13. The number of para-hydroxylation sites is 1. The van der Waals surface area contributed by atoms with Crippen LogP contribution in [0.2, 0.25) is 0 Å². The number of rotatable bonds is 4. The van der Waals surface area contributed by atoms with Gasteiger partial charge in [0.2, 0.25) is 0 Å². The zero-order chi connectivity index (χ0) is 24.6. The number of fused-ring (bicyclic) bond motifs is 3. The summed E-state index contributed by atoms with van der Waals surface area (Å²) in [6.45, 7) is 2.07. The normalized spacial score (nSPS) is 16.6. The first kappa shape index (κ1) is 22.4. The topological polar surface area (TPSA) is 66.3 Å². The fraction of sp³-hybridized carbons (Fsp3) is 0.138. The standard InChI is InChI=1S/C29H24N4O2S/c1-18-11-13-19(14-12-18)17-36-29-31-28(34)26-22-9-5-6-10-23(22)30-27(33(26)32-29)25-21-8-4-3-7-20(21)15-16-24(25)35-2/h3-16,27H,17H2,1-2H3,(H,31,32,34). The van der Waals surface area contributed by atoms with E-state index < -0.39 is 6.17 Å². The zero-order valence-corrected chi connectivity index (χ0v) is 20.8. The summed E-state index contributed by atoms with van der Waals surface area (Å²) in [5.41, 5.74) is 3.74. The van der Waals surface area contributed by atoms with E-state index in [1.165, 1.54) is 22.9 Å². The van der Waals surface area contributed by atoms with Gasteiger partial charge >= 0.3 is 0 Å². The number of thioether (sulfide) groups is 1. The van der Waals surface area contributed by atoms with Gasteiger partial charge in [-0.15, -0.1) is 5.10 Å². The van der Waals surface area contributed by atoms with E-state index in [0.717, 1.165) is 26.9 Å². The molecular weight excluding hydrogens is 468 g/mol. The van der Waals surface area contributed by atoms with Crippen LogP contribution in [0.5, 0.6) is 5.75 Å². The van der Waals surface area contributed by atoms with Crippen LogP contribution in [0.4, 0.5) is 0 Å². The van der Waals surface area contributed by atoms with Crippen LogP contribution < -0.4 is 20.6 Å². The molecule has 4 aromatic rings. The molecule has 178 valence electrons. The second-order valence-corrected chi connectivity index (χ2v) is 9.71. The molecule has 0 spiro atoms. The number of ether oxygens (including phenoxy) is 1. The summed E-state index contributed by atoms with van der Waals surface area (Å²) in [4.78, 5) is 18.6. The number of hydrogen-bond donors (Lipinski definition) is 1. The minimum absolute atomic E-state index is 0.192. The van der Waals surface area contributed by atoms with Crippen molar-refractivity contribution >= 4 is 39.3 Å². The number of hydrazone groups is 1. The first-order chi connectivity index (χ1) is 17.6. The number of nitrogens with zero attached hydrogens (tertiary/aromatic N) is 3. The molecule has 36 heavy (non-hydrogen) atoms. The zero-order valence-electron chi connectivity index (χ0n) is 19.9. The molecule has 0 saturated carbocycles. The Morgan fingerprint density at radius 2 is 1.75 bits per heavy atom. The van der Waals surface area contributed by atoms with E-state index >= 15 is 0 Å². The first-order valence-corrected chi connectivity index (χ1v) is 12.7. The third-order valence-electron chi connectivity index (χ3n) is 6.42. The Labute approximate surface area is 213 Å². The van der Waals surface area contributed by atoms with Crippen molar-refractivity contribution in [1.29, 1.82) is 0 Å². The van der Waals surface area contributed by atoms with E-state index in [1.54, 1.807) is 12.1 Å². The fourth-order valence-corrected chi connectivity index (χ4v) is 5.44. The van der Waals surface area contributed by atoms with Crippen LogP contribution in [0.15, 0.2) is 95.0 Å². The summed E-state index contributed by atoms with van der Waals surface area (Å²) in [7, 11) is 1.66. The molecule has 2 aliphatic rings. The number of amides is 1. The minimum atomic E-state index is -0.558. The number of benzene rings is 4. The van der Waals surface area contributed by atoms with Gasteiger partial charge < -0.3 is 4.74 Å². The summed E-state index contributed by atoms with van der Waals surface area (Å²) in [6.07, 6.45) is -0.558. The SMILES string of the molecule is COc1ccc2ccccc2c1C1N=c2ccccc2=C2C(=O)NC(SCc3ccc(C)cc3)=NN21. The molecule has 6 nitrogen and oxygen atoms in total. The molecule has 0 bridgehead atoms. The van der Waals surface area contributed by atoms with Crippen LogP contribution >= 0.6 is 11.8 Å². The number of amidine groups is 1. The Morgan fingerprint density at radius 3 is 2.58 bits per heavy atom. The molecule has 2 aliphatic heterocycles. The Bertz CT molecular complexity index is 1650. The molecule has 4 aromatic carbocycles. The van der Waals surface area contributed by atoms with E-state index in [9.17, 15) is 4.79 Å². The number of carbonyl (C=O) groups excluding carboxylic acids is 1. The average molecular weight is 493 g/mol. The Hall–Kier alpha value is -4.10. The van der Waals surface area contributed by atoms with Gasteiger partial charge in [-0.3, -0.25) is 15.1 Å². The van der Waals surface area contributed by atoms with Crippen LogP contribution in [-0.2, 0) is 10.5 Å². The molecule has 7 heteroatoms. The van der Waals surface area contributed by atoms with E-state index in [0.29, 0.717) is 22.4 Å². The monoisotopic (exact) mass is 492 g/mol. The quantitative estimate of drug-likeness (QED) is 0.463. The van der Waals surface area contributed by atoms with E-state index in [4.69, 9.17) is 14.8 Å². The minimum Gasteiger partial charge on any atom is -0.496 e. The summed E-state index contributed by atoms with van der Waals surface area (Å²) in [6, 6.07) is 28.2. The Kier molecular flexibility index (Phi) is 5.70. The molecule has 0 saturated heterocycles. The number of methoxy groups -OCH3 is 1. The summed E-state index contributed by atoms with van der Waals surface area (Å²) in [5, 5.41) is 13.8. The lowest BCUT2D eigenvalue weighted by molar-refractivity contribution is -0.116. The van der Waals surface area contributed by atoms with Crippen LogP contribution in [0, 0.1) is 6.92 Å². The summed E-state index contributed by atoms with van der Waals surface area (Å²) in [5.74, 6) is 1.21. The van der Waals surface area contributed by atoms with Gasteiger partial charge in [-0.2, -0.15) is 0 Å². The van der Waals surface area contributed by atoms with Crippen molar-refractivity contribution in [1.82, 2.24) is 10.3 Å². The third kappa shape index (κ3) is 3.91. The Morgan fingerprint density at radius 1 is 0.972 bits per heavy atom. The predicted molar refractivity (Wildman–Crippen MR) is 144 cm³/mol. The lowest BCUT2D eigenvalue weighted by Gasteiger charge is -2.35. The number of nitrogens with one attached hydrogen (secondary N) is 1. The molecular formula is C29H24N4O2S. The molecule has 2 heterocycles. The van der Waals surface area contributed by atoms with Crippen molar-refractivity contribution in [3.8, 4) is 5.75 Å². The second kappa shape index (κ2) is 9.17. The van der Waals surface area contributed by atoms with E-state index in [-0.39, 0.29) is 5.91 Å². The van der Waals surface area contributed by atoms with Crippen molar-refractivity contribution in [2.24, 2.45) is 10.1 Å². The molecule has 1 N–H and O–H groups in total. The molecule has 0 aromatic heterocycles. The van der Waals surface area contributed by atoms with Gasteiger partial charge in [0.1, 0.15) is 11.4 Å². The maximum absolute atomic E-state index is 13.5. The van der Waals surface area contributed by atoms with Crippen LogP contribution in [0.3, 0.4) is 0 Å². The van der Waals surface area contributed by atoms with Crippen molar-refractivity contribution in [2.45, 2.75) is 18.8 Å². The van der Waals surface area contributed by atoms with Crippen molar-refractivity contribution < 1.29 is 9.53 Å². The Balaban J connectivity index is 1.50. The fourth-order valence-electron chi connectivity index (χ4n) is 4.64. The highest BCUT2D eigenvalue weighted by Gasteiger charge is 2.36. The molecule has 0 aliphatic carbocycles. The second-order valence-electron chi connectivity index (χ2n) is 8.75. The number of hydrogen-bond acceptors (Lipinski definition) is 6. The van der Waals surface area contributed by atoms with Crippen molar-refractivity contribution in [2.75, 3.05) is 7.11 Å². The van der Waals surface area contributed by atoms with Gasteiger partial charge in [-0.05, 0) is 35.4 Å². The van der Waals surface area contributed by atoms with Crippen molar-refractivity contribution in [3.63, 3.8) is 0 Å². The average Bonchev–Trinajstić information content (AvgIpc) is 2.91. The van der Waals surface area contributed by atoms with Crippen LogP contribution in [0.1, 0.15) is 22.9 Å². The smallest absolute Gasteiger partial charge is 0.276 e. The van der Waals surface area contributed by atoms with Gasteiger partial charge in [0.25, 0.3) is 5.91 Å². The van der Waals surface area contributed by atoms with Gasteiger partial charge in [0.05, 0.1) is 12.5 Å². The number of carbonyl (C=O) groups is 1. The first-order valence-electron chi connectivity index (χ1n) is 11.7. The molecule has 0 fully saturated rings. The van der Waals surface area contributed by atoms with Gasteiger partial charge in [0.15, 0.2) is 11.3 Å². The number of aryl methyl sites for hydroxylation is 1. The van der Waals surface area contributed by atoms with E-state index in [2.05, 4.69) is 48.6 Å². The van der Waals surface area contributed by atoms with Crippen molar-refractivity contribution in [3.05, 3.63) is 112 Å². The van der Waals surface area contributed by atoms with E-state index in [1.807, 2.05) is 48.5 Å². The van der Waals surface area contributed by atoms with Crippen LogP contribution in [0.25, 0.3) is 16.5 Å². The maximum atomic E-state index is 13.5. The summed E-state index contributed by atoms with van der Waals surface area (Å²) >= 11 is 1.50. The maximum Gasteiger partial charge on any atom is 0.276 e. The predicted octanol–water partition coefficient (Wildman–Crippen LogP) is 4.23. The van der Waals surface area contributed by atoms with Gasteiger partial charge in [-0.1, -0.05) is 90.1 Å². The molecule has 1 unspecified atom stereocenters. The highest BCUT2D eigenvalue weighted by Crippen LogP contribution is 2.40. The summed E-state index contributed by atoms with van der Waals surface area (Å²) < 4.78 is 5.79. The lowest BCUT2D eigenvalue weighted by Crippen LogP contribution is -2.50. The van der Waals surface area contributed by atoms with Gasteiger partial charge in [-0.25, -0.2) is 5.01 Å². The molecule has 1 amide bonds. The van der Waals surface area contributed by atoms with Gasteiger partial charge in [0, 0.05) is 16.5 Å². The lowest BCUT2D eigenvalue weighted by atomic mass is 9.99. The van der Waals surface area contributed by atoms with Crippen LogP contribution in [-0.4, -0.2) is 23.2 Å².